The molecule has 1 aromatic carbocycles. The van der Waals surface area contributed by atoms with Crippen LogP contribution < -0.4 is 5.43 Å². The van der Waals surface area contributed by atoms with E-state index in [2.05, 4.69) is 10.4 Å². The zero-order valence-electron chi connectivity index (χ0n) is 8.08. The Balaban J connectivity index is 1.95. The fraction of sp³-hybridized carbons (Fsp3) is 0.300. The maximum atomic E-state index is 13.2. The molecule has 0 atom stereocenters. The van der Waals surface area contributed by atoms with Gasteiger partial charge in [0.25, 0.3) is 0 Å². The first kappa shape index (κ1) is 10.0. The molecule has 1 aromatic rings. The second kappa shape index (κ2) is 4.35. The van der Waals surface area contributed by atoms with E-state index in [1.165, 1.54) is 12.1 Å². The molecule has 0 saturated heterocycles. The smallest absolute Gasteiger partial charge is 0.129 e. The standard InChI is InChI=1S/C10H11F2N3/c11-9-2-1-8(10(12)5-9)3-4-15-7-13-6-14-15/h1-2,5,7,14H,3-4,6H2. The Morgan fingerprint density at radius 3 is 2.93 bits per heavy atom. The molecule has 1 N–H and O–H groups in total. The van der Waals surface area contributed by atoms with E-state index in [0.29, 0.717) is 25.2 Å². The molecular formula is C10H11F2N3. The molecule has 0 radical (unpaired) electrons. The van der Waals surface area contributed by atoms with E-state index in [9.17, 15) is 8.78 Å². The van der Waals surface area contributed by atoms with Gasteiger partial charge in [0.05, 0.1) is 0 Å². The normalized spacial score (nSPS) is 14.9. The van der Waals surface area contributed by atoms with E-state index in [-0.39, 0.29) is 0 Å². The molecular weight excluding hydrogens is 200 g/mol. The van der Waals surface area contributed by atoms with Crippen molar-refractivity contribution in [3.8, 4) is 0 Å². The largest absolute Gasteiger partial charge is 0.297 e. The SMILES string of the molecule is Fc1ccc(CCN2C=NCN2)c(F)c1. The zero-order valence-corrected chi connectivity index (χ0v) is 8.08. The van der Waals surface area contributed by atoms with E-state index in [0.717, 1.165) is 6.07 Å². The lowest BCUT2D eigenvalue weighted by Crippen LogP contribution is -2.33. The van der Waals surface area contributed by atoms with Gasteiger partial charge in [-0.1, -0.05) is 6.07 Å². The lowest BCUT2D eigenvalue weighted by molar-refractivity contribution is 0.351. The summed E-state index contributed by atoms with van der Waals surface area (Å²) in [6.45, 7) is 1.18. The van der Waals surface area contributed by atoms with Gasteiger partial charge in [-0.3, -0.25) is 10.0 Å². The minimum Gasteiger partial charge on any atom is -0.297 e. The Kier molecular flexibility index (Phi) is 2.91. The average Bonchev–Trinajstić information content (AvgIpc) is 2.69. The second-order valence-electron chi connectivity index (χ2n) is 3.29. The van der Waals surface area contributed by atoms with Crippen molar-refractivity contribution in [3.05, 3.63) is 35.4 Å². The average molecular weight is 211 g/mol. The van der Waals surface area contributed by atoms with Crippen molar-refractivity contribution < 1.29 is 8.78 Å². The lowest BCUT2D eigenvalue weighted by Gasteiger charge is -2.14. The van der Waals surface area contributed by atoms with Crippen LogP contribution in [0.1, 0.15) is 5.56 Å². The molecule has 0 amide bonds. The molecule has 5 heteroatoms. The van der Waals surface area contributed by atoms with Crippen LogP contribution in [0.3, 0.4) is 0 Å². The van der Waals surface area contributed by atoms with Crippen molar-refractivity contribution in [2.45, 2.75) is 6.42 Å². The highest BCUT2D eigenvalue weighted by atomic mass is 19.1. The molecule has 0 bridgehead atoms. The maximum absolute atomic E-state index is 13.2. The highest BCUT2D eigenvalue weighted by molar-refractivity contribution is 5.55. The van der Waals surface area contributed by atoms with E-state index >= 15 is 0 Å². The maximum Gasteiger partial charge on any atom is 0.129 e. The van der Waals surface area contributed by atoms with Crippen LogP contribution in [0.2, 0.25) is 0 Å². The molecule has 2 rings (SSSR count). The summed E-state index contributed by atoms with van der Waals surface area (Å²) in [6.07, 6.45) is 2.19. The predicted octanol–water partition coefficient (Wildman–Crippen LogP) is 1.31. The van der Waals surface area contributed by atoms with Crippen LogP contribution in [0.25, 0.3) is 0 Å². The summed E-state index contributed by atoms with van der Waals surface area (Å²) < 4.78 is 25.8. The van der Waals surface area contributed by atoms with E-state index in [1.54, 1.807) is 11.3 Å². The topological polar surface area (TPSA) is 27.6 Å². The number of rotatable bonds is 3. The van der Waals surface area contributed by atoms with Gasteiger partial charge in [-0.05, 0) is 18.1 Å². The van der Waals surface area contributed by atoms with Gasteiger partial charge >= 0.3 is 0 Å². The van der Waals surface area contributed by atoms with Crippen LogP contribution in [-0.4, -0.2) is 24.6 Å². The van der Waals surface area contributed by atoms with Gasteiger partial charge in [0, 0.05) is 12.6 Å². The third-order valence-electron chi connectivity index (χ3n) is 2.22. The molecule has 80 valence electrons. The van der Waals surface area contributed by atoms with Crippen molar-refractivity contribution in [1.82, 2.24) is 10.4 Å². The third-order valence-corrected chi connectivity index (χ3v) is 2.22. The zero-order chi connectivity index (χ0) is 10.7. The Morgan fingerprint density at radius 1 is 1.40 bits per heavy atom. The van der Waals surface area contributed by atoms with Gasteiger partial charge in [0.1, 0.15) is 24.6 Å². The van der Waals surface area contributed by atoms with Crippen molar-refractivity contribution in [3.63, 3.8) is 0 Å². The first-order valence-electron chi connectivity index (χ1n) is 4.70. The number of aliphatic imine (C=N–C) groups is 1. The number of halogens is 2. The van der Waals surface area contributed by atoms with Gasteiger partial charge < -0.3 is 0 Å². The summed E-state index contributed by atoms with van der Waals surface area (Å²) in [7, 11) is 0. The molecule has 1 heterocycles. The molecule has 0 aromatic heterocycles. The number of nitrogens with zero attached hydrogens (tertiary/aromatic N) is 2. The Labute approximate surface area is 86.4 Å². The Bertz CT molecular complexity index is 379. The van der Waals surface area contributed by atoms with E-state index in [1.807, 2.05) is 0 Å². The van der Waals surface area contributed by atoms with E-state index in [4.69, 9.17) is 0 Å². The summed E-state index contributed by atoms with van der Waals surface area (Å²) in [5, 5.41) is 1.78. The lowest BCUT2D eigenvalue weighted by atomic mass is 10.1. The monoisotopic (exact) mass is 211 g/mol. The van der Waals surface area contributed by atoms with Crippen LogP contribution >= 0.6 is 0 Å². The molecule has 0 aliphatic carbocycles. The van der Waals surface area contributed by atoms with Gasteiger partial charge in [-0.2, -0.15) is 0 Å². The third kappa shape index (κ3) is 2.50. The molecule has 0 fully saturated rings. The summed E-state index contributed by atoms with van der Waals surface area (Å²) in [5.41, 5.74) is 3.48. The van der Waals surface area contributed by atoms with Gasteiger partial charge in [-0.25, -0.2) is 14.2 Å². The van der Waals surface area contributed by atoms with Crippen LogP contribution in [0, 0.1) is 11.6 Å². The Hall–Kier alpha value is -1.49. The van der Waals surface area contributed by atoms with Crippen molar-refractivity contribution in [1.29, 1.82) is 0 Å². The quantitative estimate of drug-likeness (QED) is 0.816. The molecule has 1 aliphatic heterocycles. The molecule has 1 aliphatic rings. The van der Waals surface area contributed by atoms with E-state index < -0.39 is 11.6 Å². The van der Waals surface area contributed by atoms with Crippen LogP contribution in [0.4, 0.5) is 8.78 Å². The fourth-order valence-electron chi connectivity index (χ4n) is 1.41. The minimum atomic E-state index is -0.544. The predicted molar refractivity (Wildman–Crippen MR) is 53.3 cm³/mol. The van der Waals surface area contributed by atoms with Crippen molar-refractivity contribution in [2.75, 3.05) is 13.2 Å². The summed E-state index contributed by atoms with van der Waals surface area (Å²) >= 11 is 0. The summed E-state index contributed by atoms with van der Waals surface area (Å²) in [5.74, 6) is -1.04. The molecule has 0 unspecified atom stereocenters. The number of nitrogens with one attached hydrogen (secondary N) is 1. The first-order chi connectivity index (χ1) is 7.25. The molecule has 0 saturated carbocycles. The van der Waals surface area contributed by atoms with Crippen molar-refractivity contribution in [2.24, 2.45) is 4.99 Å². The number of hydrazine groups is 1. The summed E-state index contributed by atoms with van der Waals surface area (Å²) in [4.78, 5) is 3.95. The van der Waals surface area contributed by atoms with Gasteiger partial charge in [-0.15, -0.1) is 0 Å². The number of benzene rings is 1. The van der Waals surface area contributed by atoms with Crippen LogP contribution in [-0.2, 0) is 6.42 Å². The first-order valence-corrected chi connectivity index (χ1v) is 4.70. The number of hydrogen-bond donors (Lipinski definition) is 1. The highest BCUT2D eigenvalue weighted by Crippen LogP contribution is 2.10. The highest BCUT2D eigenvalue weighted by Gasteiger charge is 2.07. The molecule has 3 nitrogen and oxygen atoms in total. The van der Waals surface area contributed by atoms with Gasteiger partial charge in [0.2, 0.25) is 0 Å². The summed E-state index contributed by atoms with van der Waals surface area (Å²) in [6, 6.07) is 3.64. The fourth-order valence-corrected chi connectivity index (χ4v) is 1.41. The number of hydrogen-bond acceptors (Lipinski definition) is 3. The molecule has 15 heavy (non-hydrogen) atoms. The second-order valence-corrected chi connectivity index (χ2v) is 3.29. The van der Waals surface area contributed by atoms with Crippen LogP contribution in [0.5, 0.6) is 0 Å². The van der Waals surface area contributed by atoms with Crippen LogP contribution in [0.15, 0.2) is 23.2 Å². The van der Waals surface area contributed by atoms with Gasteiger partial charge in [0.15, 0.2) is 0 Å². The van der Waals surface area contributed by atoms with Crippen molar-refractivity contribution >= 4 is 6.34 Å². The minimum absolute atomic E-state index is 0.494. The molecule has 0 spiro atoms. The Morgan fingerprint density at radius 2 is 2.27 bits per heavy atom.